The van der Waals surface area contributed by atoms with Crippen molar-refractivity contribution in [3.8, 4) is 0 Å². The zero-order chi connectivity index (χ0) is 25.8. The second kappa shape index (κ2) is 6.67. The number of carbonyl (C=O) groups excluding carboxylic acids is 5. The number of aliphatic hydroxyl groups is 1. The summed E-state index contributed by atoms with van der Waals surface area (Å²) in [7, 11) is 1.10. The molecule has 0 aromatic heterocycles. The molecule has 34 heavy (non-hydrogen) atoms. The average Bonchev–Trinajstić information content (AvgIpc) is 2.75. The highest BCUT2D eigenvalue weighted by molar-refractivity contribution is 6.17. The number of hydrogen-bond acceptors (Lipinski definition) is 8. The van der Waals surface area contributed by atoms with Crippen LogP contribution < -0.4 is 0 Å². The number of cyclic esters (lactones) is 1. The van der Waals surface area contributed by atoms with Crippen molar-refractivity contribution in [2.24, 2.45) is 33.5 Å². The maximum Gasteiger partial charge on any atom is 0.358 e. The first-order chi connectivity index (χ1) is 15.5. The van der Waals surface area contributed by atoms with E-state index in [4.69, 9.17) is 9.47 Å². The van der Waals surface area contributed by atoms with Gasteiger partial charge in [-0.15, -0.1) is 0 Å². The largest absolute Gasteiger partial charge is 0.504 e. The third-order valence-electron chi connectivity index (χ3n) is 9.58. The van der Waals surface area contributed by atoms with Crippen LogP contribution in [-0.4, -0.2) is 47.1 Å². The van der Waals surface area contributed by atoms with E-state index in [1.807, 2.05) is 6.92 Å². The Hall–Kier alpha value is -2.77. The molecule has 8 heteroatoms. The van der Waals surface area contributed by atoms with Crippen molar-refractivity contribution < 1.29 is 38.6 Å². The van der Waals surface area contributed by atoms with Crippen molar-refractivity contribution in [3.05, 3.63) is 23.5 Å². The van der Waals surface area contributed by atoms with Crippen molar-refractivity contribution in [2.75, 3.05) is 7.11 Å². The van der Waals surface area contributed by atoms with Crippen LogP contribution in [0.3, 0.4) is 0 Å². The topological polar surface area (TPSA) is 124 Å². The number of ether oxygens (including phenoxy) is 2. The summed E-state index contributed by atoms with van der Waals surface area (Å²) in [5.41, 5.74) is -6.32. The number of hydrogen-bond donors (Lipinski definition) is 1. The predicted molar refractivity (Wildman–Crippen MR) is 119 cm³/mol. The molecule has 1 N–H and O–H groups in total. The van der Waals surface area contributed by atoms with E-state index < -0.39 is 68.4 Å². The highest BCUT2D eigenvalue weighted by Gasteiger charge is 2.76. The SMILES string of the molecule is C=C1C[C@H]2[C@@](C)(C(=O)C(O)=C3C(C)(C)C(=O)CC[C@@]32C)[C@@H]2C(=O)O[C@@](C)(C(=O)OC)C(=O)[C@@]12C. The van der Waals surface area contributed by atoms with Crippen LogP contribution in [0.2, 0.25) is 0 Å². The molecule has 0 radical (unpaired) electrons. The molecule has 1 aliphatic heterocycles. The Bertz CT molecular complexity index is 1130. The second-order valence-corrected chi connectivity index (χ2v) is 11.6. The van der Waals surface area contributed by atoms with Crippen LogP contribution in [0.5, 0.6) is 0 Å². The summed E-state index contributed by atoms with van der Waals surface area (Å²) in [6, 6.07) is 0. The Morgan fingerprint density at radius 2 is 1.68 bits per heavy atom. The molecule has 2 saturated carbocycles. The number of carbonyl (C=O) groups is 5. The van der Waals surface area contributed by atoms with Gasteiger partial charge in [-0.1, -0.05) is 26.0 Å². The fourth-order valence-electron chi connectivity index (χ4n) is 7.70. The fraction of sp³-hybridized carbons (Fsp3) is 0.654. The van der Waals surface area contributed by atoms with E-state index in [-0.39, 0.29) is 18.6 Å². The third kappa shape index (κ3) is 2.41. The van der Waals surface area contributed by atoms with E-state index >= 15 is 0 Å². The lowest BCUT2D eigenvalue weighted by atomic mass is 9.37. The van der Waals surface area contributed by atoms with E-state index in [0.717, 1.165) is 7.11 Å². The summed E-state index contributed by atoms with van der Waals surface area (Å²) in [5, 5.41) is 11.3. The number of fused-ring (bicyclic) bond motifs is 5. The van der Waals surface area contributed by atoms with Gasteiger partial charge in [-0.3, -0.25) is 19.2 Å². The monoisotopic (exact) mass is 472 g/mol. The third-order valence-corrected chi connectivity index (χ3v) is 9.58. The minimum Gasteiger partial charge on any atom is -0.504 e. The molecule has 0 unspecified atom stereocenters. The van der Waals surface area contributed by atoms with Crippen LogP contribution in [0.4, 0.5) is 0 Å². The number of methoxy groups -OCH3 is 1. The van der Waals surface area contributed by atoms with E-state index in [2.05, 4.69) is 6.58 Å². The summed E-state index contributed by atoms with van der Waals surface area (Å²) in [4.78, 5) is 66.6. The smallest absolute Gasteiger partial charge is 0.358 e. The molecule has 0 amide bonds. The minimum atomic E-state index is -2.17. The van der Waals surface area contributed by atoms with Gasteiger partial charge in [0.25, 0.3) is 5.60 Å². The molecule has 184 valence electrons. The second-order valence-electron chi connectivity index (χ2n) is 11.6. The van der Waals surface area contributed by atoms with Gasteiger partial charge in [-0.25, -0.2) is 4.79 Å². The first kappa shape index (κ1) is 24.4. The summed E-state index contributed by atoms with van der Waals surface area (Å²) in [6.07, 6.45) is 0.865. The lowest BCUT2D eigenvalue weighted by Crippen LogP contribution is -2.72. The van der Waals surface area contributed by atoms with E-state index in [1.165, 1.54) is 13.8 Å². The lowest BCUT2D eigenvalue weighted by Gasteiger charge is -2.64. The summed E-state index contributed by atoms with van der Waals surface area (Å²) >= 11 is 0. The number of Topliss-reactive ketones (excluding diaryl/α,β-unsaturated/α-hetero) is 3. The molecular formula is C26H32O8. The highest BCUT2D eigenvalue weighted by atomic mass is 16.6. The molecule has 4 aliphatic rings. The van der Waals surface area contributed by atoms with E-state index in [9.17, 15) is 29.1 Å². The summed E-state index contributed by atoms with van der Waals surface area (Å²) in [5.74, 6) is -5.69. The van der Waals surface area contributed by atoms with Gasteiger partial charge in [-0.05, 0) is 57.4 Å². The van der Waals surface area contributed by atoms with Crippen LogP contribution in [0.15, 0.2) is 23.5 Å². The van der Waals surface area contributed by atoms with Gasteiger partial charge in [0.1, 0.15) is 5.78 Å². The molecule has 3 fully saturated rings. The van der Waals surface area contributed by atoms with Crippen molar-refractivity contribution in [1.82, 2.24) is 0 Å². The first-order valence-electron chi connectivity index (χ1n) is 11.5. The molecule has 0 aromatic rings. The molecule has 1 saturated heterocycles. The van der Waals surface area contributed by atoms with Gasteiger partial charge in [0.15, 0.2) is 11.5 Å². The predicted octanol–water partition coefficient (Wildman–Crippen LogP) is 3.04. The maximum atomic E-state index is 13.9. The molecule has 1 heterocycles. The normalized spacial score (nSPS) is 43.6. The van der Waals surface area contributed by atoms with Gasteiger partial charge in [0.05, 0.1) is 23.9 Å². The lowest BCUT2D eigenvalue weighted by molar-refractivity contribution is -0.213. The maximum absolute atomic E-state index is 13.9. The van der Waals surface area contributed by atoms with E-state index in [0.29, 0.717) is 17.6 Å². The Morgan fingerprint density at radius 1 is 1.09 bits per heavy atom. The van der Waals surface area contributed by atoms with Gasteiger partial charge >= 0.3 is 11.9 Å². The number of ketones is 3. The molecule has 0 bridgehead atoms. The highest BCUT2D eigenvalue weighted by Crippen LogP contribution is 2.70. The average molecular weight is 473 g/mol. The molecule has 3 aliphatic carbocycles. The molecule has 6 atom stereocenters. The molecular weight excluding hydrogens is 440 g/mol. The number of rotatable bonds is 1. The van der Waals surface area contributed by atoms with E-state index in [1.54, 1.807) is 20.8 Å². The van der Waals surface area contributed by atoms with Gasteiger partial charge in [0, 0.05) is 11.8 Å². The minimum absolute atomic E-state index is 0.0662. The van der Waals surface area contributed by atoms with Crippen molar-refractivity contribution in [3.63, 3.8) is 0 Å². The van der Waals surface area contributed by atoms with Crippen molar-refractivity contribution in [2.45, 2.75) is 66.4 Å². The van der Waals surface area contributed by atoms with Crippen LogP contribution in [0.25, 0.3) is 0 Å². The summed E-state index contributed by atoms with van der Waals surface area (Å²) < 4.78 is 10.2. The number of aliphatic hydroxyl groups excluding tert-OH is 1. The van der Waals surface area contributed by atoms with Crippen LogP contribution in [0.1, 0.15) is 60.8 Å². The van der Waals surface area contributed by atoms with Crippen LogP contribution in [-0.2, 0) is 33.4 Å². The molecule has 0 aromatic carbocycles. The molecule has 8 nitrogen and oxygen atoms in total. The molecule has 4 rings (SSSR count). The summed E-state index contributed by atoms with van der Waals surface area (Å²) in [6.45, 7) is 13.8. The van der Waals surface area contributed by atoms with Gasteiger partial charge in [0.2, 0.25) is 5.78 Å². The number of esters is 2. The van der Waals surface area contributed by atoms with Crippen molar-refractivity contribution >= 4 is 29.3 Å². The fourth-order valence-corrected chi connectivity index (χ4v) is 7.70. The Balaban J connectivity index is 1.99. The van der Waals surface area contributed by atoms with Gasteiger partial charge < -0.3 is 14.6 Å². The zero-order valence-corrected chi connectivity index (χ0v) is 20.8. The molecule has 0 spiro atoms. The Morgan fingerprint density at radius 3 is 2.24 bits per heavy atom. The standard InChI is InChI=1S/C26H32O8/c1-12-11-13-23(4)10-9-14(27)22(2,3)16(23)15(28)18(29)25(13,6)17-19(30)34-26(7,21(32)33-8)20(31)24(12,17)5/h13,17,28H,1,9-11H2,2-8H3/t13-,17-,23-,24+,25-,26-/m1/s1. The van der Waals surface area contributed by atoms with Gasteiger partial charge in [-0.2, -0.15) is 0 Å². The van der Waals surface area contributed by atoms with Crippen LogP contribution >= 0.6 is 0 Å². The number of allylic oxidation sites excluding steroid dienone is 3. The quantitative estimate of drug-likeness (QED) is 0.351. The zero-order valence-electron chi connectivity index (χ0n) is 20.8. The Labute approximate surface area is 198 Å². The van der Waals surface area contributed by atoms with Crippen LogP contribution in [0, 0.1) is 33.5 Å². The first-order valence-corrected chi connectivity index (χ1v) is 11.5. The van der Waals surface area contributed by atoms with Crippen molar-refractivity contribution in [1.29, 1.82) is 0 Å². The Kier molecular flexibility index (Phi) is 4.78.